The number of benzene rings is 2. The fourth-order valence-electron chi connectivity index (χ4n) is 3.17. The Morgan fingerprint density at radius 1 is 0.963 bits per heavy atom. The van der Waals surface area contributed by atoms with E-state index in [9.17, 15) is 4.79 Å². The maximum Gasteiger partial charge on any atom is 0.273 e. The van der Waals surface area contributed by atoms with Crippen LogP contribution in [0.25, 0.3) is 22.6 Å². The third kappa shape index (κ3) is 3.41. The standard InChI is InChI=1S/C22H22N4O/c1-16(2)23-15-18-13-22(27)26-21(24-18)14-20(17-9-5-3-6-10-17)25(26)19-11-7-4-8-12-19/h3-14,16,23H,15H2,1-2H3. The van der Waals surface area contributed by atoms with Gasteiger partial charge >= 0.3 is 0 Å². The van der Waals surface area contributed by atoms with Gasteiger partial charge in [0.25, 0.3) is 5.56 Å². The zero-order valence-corrected chi connectivity index (χ0v) is 15.5. The molecule has 5 nitrogen and oxygen atoms in total. The first kappa shape index (κ1) is 17.2. The lowest BCUT2D eigenvalue weighted by molar-refractivity contribution is 0.580. The van der Waals surface area contributed by atoms with Crippen LogP contribution < -0.4 is 10.9 Å². The molecule has 4 rings (SSSR count). The number of para-hydroxylation sites is 1. The van der Waals surface area contributed by atoms with Gasteiger partial charge in [-0.15, -0.1) is 0 Å². The minimum Gasteiger partial charge on any atom is -0.309 e. The molecule has 27 heavy (non-hydrogen) atoms. The van der Waals surface area contributed by atoms with Crippen molar-refractivity contribution in [3.8, 4) is 16.9 Å². The molecule has 136 valence electrons. The highest BCUT2D eigenvalue weighted by Crippen LogP contribution is 2.25. The summed E-state index contributed by atoms with van der Waals surface area (Å²) in [7, 11) is 0. The molecule has 0 saturated carbocycles. The van der Waals surface area contributed by atoms with E-state index in [0.717, 1.165) is 22.6 Å². The van der Waals surface area contributed by atoms with Crippen LogP contribution in [0.3, 0.4) is 0 Å². The van der Waals surface area contributed by atoms with Gasteiger partial charge in [0.05, 0.1) is 17.1 Å². The van der Waals surface area contributed by atoms with Gasteiger partial charge in [-0.05, 0) is 12.1 Å². The highest BCUT2D eigenvalue weighted by molar-refractivity contribution is 5.67. The highest BCUT2D eigenvalue weighted by atomic mass is 16.1. The van der Waals surface area contributed by atoms with Crippen molar-refractivity contribution >= 4 is 5.65 Å². The van der Waals surface area contributed by atoms with E-state index < -0.39 is 0 Å². The second-order valence-electron chi connectivity index (χ2n) is 6.83. The molecule has 0 aliphatic rings. The van der Waals surface area contributed by atoms with E-state index in [0.29, 0.717) is 18.2 Å². The summed E-state index contributed by atoms with van der Waals surface area (Å²) in [5, 5.41) is 3.32. The topological polar surface area (TPSA) is 51.3 Å². The Bertz CT molecular complexity index is 1110. The molecular formula is C22H22N4O. The Balaban J connectivity index is 1.96. The number of nitrogens with one attached hydrogen (secondary N) is 1. The smallest absolute Gasteiger partial charge is 0.273 e. The summed E-state index contributed by atoms with van der Waals surface area (Å²) in [5.74, 6) is 0. The maximum absolute atomic E-state index is 13.0. The van der Waals surface area contributed by atoms with E-state index >= 15 is 0 Å². The quantitative estimate of drug-likeness (QED) is 0.592. The van der Waals surface area contributed by atoms with Crippen LogP contribution in [0.4, 0.5) is 0 Å². The molecule has 0 atom stereocenters. The van der Waals surface area contributed by atoms with E-state index in [1.54, 1.807) is 10.6 Å². The fraction of sp³-hybridized carbons (Fsp3) is 0.182. The number of nitrogens with zero attached hydrogens (tertiary/aromatic N) is 3. The van der Waals surface area contributed by atoms with Gasteiger partial charge in [0.15, 0.2) is 5.65 Å². The molecule has 0 saturated heterocycles. The van der Waals surface area contributed by atoms with Gasteiger partial charge in [0.2, 0.25) is 0 Å². The first-order valence-electron chi connectivity index (χ1n) is 9.12. The molecule has 0 unspecified atom stereocenters. The molecule has 2 aromatic carbocycles. The van der Waals surface area contributed by atoms with E-state index in [1.807, 2.05) is 71.4 Å². The molecule has 4 aromatic rings. The van der Waals surface area contributed by atoms with Crippen LogP contribution >= 0.6 is 0 Å². The van der Waals surface area contributed by atoms with Crippen LogP contribution in [0, 0.1) is 0 Å². The average molecular weight is 358 g/mol. The average Bonchev–Trinajstić information content (AvgIpc) is 3.08. The summed E-state index contributed by atoms with van der Waals surface area (Å²) in [4.78, 5) is 17.7. The Labute approximate surface area is 157 Å². The zero-order valence-electron chi connectivity index (χ0n) is 15.5. The fourth-order valence-corrected chi connectivity index (χ4v) is 3.17. The number of rotatable bonds is 5. The molecule has 0 aliphatic carbocycles. The maximum atomic E-state index is 13.0. The molecule has 2 aromatic heterocycles. The molecule has 0 bridgehead atoms. The largest absolute Gasteiger partial charge is 0.309 e. The molecule has 5 heteroatoms. The molecule has 0 fully saturated rings. The first-order valence-corrected chi connectivity index (χ1v) is 9.12. The van der Waals surface area contributed by atoms with Gasteiger partial charge in [-0.1, -0.05) is 62.4 Å². The number of aromatic nitrogens is 3. The van der Waals surface area contributed by atoms with E-state index in [4.69, 9.17) is 4.98 Å². The minimum atomic E-state index is -0.0911. The normalized spacial score (nSPS) is 11.4. The van der Waals surface area contributed by atoms with Crippen molar-refractivity contribution in [3.05, 3.63) is 88.8 Å². The lowest BCUT2D eigenvalue weighted by atomic mass is 10.1. The summed E-state index contributed by atoms with van der Waals surface area (Å²) in [5.41, 5.74) is 4.19. The lowest BCUT2D eigenvalue weighted by Crippen LogP contribution is -2.26. The Morgan fingerprint density at radius 2 is 1.63 bits per heavy atom. The van der Waals surface area contributed by atoms with Crippen molar-refractivity contribution in [3.63, 3.8) is 0 Å². The van der Waals surface area contributed by atoms with E-state index in [2.05, 4.69) is 19.2 Å². The van der Waals surface area contributed by atoms with Crippen LogP contribution in [0.1, 0.15) is 19.5 Å². The molecule has 0 radical (unpaired) electrons. The number of fused-ring (bicyclic) bond motifs is 1. The van der Waals surface area contributed by atoms with Gasteiger partial charge in [0, 0.05) is 30.3 Å². The first-order chi connectivity index (χ1) is 13.1. The van der Waals surface area contributed by atoms with Crippen molar-refractivity contribution in [2.24, 2.45) is 0 Å². The summed E-state index contributed by atoms with van der Waals surface area (Å²) in [6.45, 7) is 4.72. The summed E-state index contributed by atoms with van der Waals surface area (Å²) < 4.78 is 3.57. The molecule has 0 aliphatic heterocycles. The van der Waals surface area contributed by atoms with Gasteiger partial charge in [-0.2, -0.15) is 4.52 Å². The Hall–Kier alpha value is -3.18. The summed E-state index contributed by atoms with van der Waals surface area (Å²) in [6.07, 6.45) is 0. The van der Waals surface area contributed by atoms with E-state index in [1.165, 1.54) is 0 Å². The Kier molecular flexibility index (Phi) is 4.60. The third-order valence-electron chi connectivity index (χ3n) is 4.43. The Morgan fingerprint density at radius 3 is 2.30 bits per heavy atom. The molecular weight excluding hydrogens is 336 g/mol. The predicted octanol–water partition coefficient (Wildman–Crippen LogP) is 3.65. The van der Waals surface area contributed by atoms with Crippen molar-refractivity contribution in [1.82, 2.24) is 19.5 Å². The molecule has 1 N–H and O–H groups in total. The summed E-state index contributed by atoms with van der Waals surface area (Å²) in [6, 6.07) is 23.9. The SMILES string of the molecule is CC(C)NCc1cc(=O)n2c(cc(-c3ccccc3)n2-c2ccccc2)n1. The zero-order chi connectivity index (χ0) is 18.8. The molecule has 0 amide bonds. The summed E-state index contributed by atoms with van der Waals surface area (Å²) >= 11 is 0. The van der Waals surface area contributed by atoms with E-state index in [-0.39, 0.29) is 5.56 Å². The lowest BCUT2D eigenvalue weighted by Gasteiger charge is -2.12. The van der Waals surface area contributed by atoms with Crippen molar-refractivity contribution in [1.29, 1.82) is 0 Å². The molecule has 2 heterocycles. The number of hydrogen-bond donors (Lipinski definition) is 1. The minimum absolute atomic E-state index is 0.0911. The van der Waals surface area contributed by atoms with Crippen LogP contribution in [0.15, 0.2) is 77.6 Å². The van der Waals surface area contributed by atoms with Gasteiger partial charge in [-0.25, -0.2) is 9.67 Å². The van der Waals surface area contributed by atoms with Crippen LogP contribution in [0.2, 0.25) is 0 Å². The highest BCUT2D eigenvalue weighted by Gasteiger charge is 2.15. The van der Waals surface area contributed by atoms with Crippen LogP contribution in [-0.2, 0) is 6.54 Å². The van der Waals surface area contributed by atoms with Crippen molar-refractivity contribution in [2.45, 2.75) is 26.4 Å². The van der Waals surface area contributed by atoms with Crippen molar-refractivity contribution in [2.75, 3.05) is 0 Å². The van der Waals surface area contributed by atoms with Gasteiger partial charge in [0.1, 0.15) is 0 Å². The molecule has 0 spiro atoms. The second kappa shape index (κ2) is 7.21. The van der Waals surface area contributed by atoms with Gasteiger partial charge < -0.3 is 5.32 Å². The monoisotopic (exact) mass is 358 g/mol. The second-order valence-corrected chi connectivity index (χ2v) is 6.83. The van der Waals surface area contributed by atoms with Gasteiger partial charge in [-0.3, -0.25) is 4.79 Å². The predicted molar refractivity (Wildman–Crippen MR) is 108 cm³/mol. The van der Waals surface area contributed by atoms with Crippen LogP contribution in [0.5, 0.6) is 0 Å². The van der Waals surface area contributed by atoms with Crippen molar-refractivity contribution < 1.29 is 0 Å². The number of hydrogen-bond acceptors (Lipinski definition) is 3. The van der Waals surface area contributed by atoms with Crippen LogP contribution in [-0.4, -0.2) is 20.2 Å². The third-order valence-corrected chi connectivity index (χ3v) is 4.43.